The quantitative estimate of drug-likeness (QED) is 0.920. The molecule has 2 aromatic heterocycles. The van der Waals surface area contributed by atoms with Crippen LogP contribution < -0.4 is 5.32 Å². The fraction of sp³-hybridized carbons (Fsp3) is 0.533. The summed E-state index contributed by atoms with van der Waals surface area (Å²) >= 11 is 5.85. The van der Waals surface area contributed by atoms with E-state index in [-0.39, 0.29) is 11.9 Å². The molecule has 1 N–H and O–H groups in total. The van der Waals surface area contributed by atoms with Crippen LogP contribution in [-0.2, 0) is 11.3 Å². The van der Waals surface area contributed by atoms with Gasteiger partial charge >= 0.3 is 0 Å². The van der Waals surface area contributed by atoms with Gasteiger partial charge < -0.3 is 5.32 Å². The highest BCUT2D eigenvalue weighted by atomic mass is 35.5. The third-order valence-electron chi connectivity index (χ3n) is 3.88. The predicted octanol–water partition coefficient (Wildman–Crippen LogP) is 2.81. The average molecular weight is 324 g/mol. The van der Waals surface area contributed by atoms with Gasteiger partial charge in [0.05, 0.1) is 23.0 Å². The lowest BCUT2D eigenvalue weighted by Crippen LogP contribution is -2.33. The lowest BCUT2D eigenvalue weighted by Gasteiger charge is -2.18. The van der Waals surface area contributed by atoms with Crippen molar-refractivity contribution >= 4 is 17.5 Å². The molecule has 0 unspecified atom stereocenters. The van der Waals surface area contributed by atoms with Crippen molar-refractivity contribution in [2.24, 2.45) is 0 Å². The van der Waals surface area contributed by atoms with Crippen molar-refractivity contribution < 1.29 is 4.79 Å². The van der Waals surface area contributed by atoms with Gasteiger partial charge in [-0.25, -0.2) is 0 Å². The maximum atomic E-state index is 12.4. The normalized spacial score (nSPS) is 13.9. The van der Waals surface area contributed by atoms with Gasteiger partial charge in [0, 0.05) is 24.0 Å². The molecule has 7 heteroatoms. The number of amides is 1. The van der Waals surface area contributed by atoms with Crippen LogP contribution in [0.4, 0.5) is 0 Å². The zero-order chi connectivity index (χ0) is 16.4. The molecular weight excluding hydrogens is 302 g/mol. The van der Waals surface area contributed by atoms with Crippen LogP contribution in [0.25, 0.3) is 0 Å². The molecule has 2 rings (SSSR count). The topological polar surface area (TPSA) is 64.7 Å². The monoisotopic (exact) mass is 323 g/mol. The maximum absolute atomic E-state index is 12.4. The highest BCUT2D eigenvalue weighted by molar-refractivity contribution is 6.30. The molecule has 1 amide bonds. The molecule has 2 aromatic rings. The molecule has 0 saturated heterocycles. The molecule has 0 aliphatic heterocycles. The van der Waals surface area contributed by atoms with Crippen molar-refractivity contribution in [1.29, 1.82) is 0 Å². The van der Waals surface area contributed by atoms with E-state index in [1.54, 1.807) is 17.8 Å². The number of carbonyl (C=O) groups is 1. The first-order valence-corrected chi connectivity index (χ1v) is 7.76. The van der Waals surface area contributed by atoms with Crippen molar-refractivity contribution in [1.82, 2.24) is 24.9 Å². The van der Waals surface area contributed by atoms with Crippen LogP contribution in [0.15, 0.2) is 12.4 Å². The predicted molar refractivity (Wildman–Crippen MR) is 85.9 cm³/mol. The molecule has 0 saturated carbocycles. The first-order valence-electron chi connectivity index (χ1n) is 7.39. The number of aryl methyl sites for hydroxylation is 2. The van der Waals surface area contributed by atoms with Crippen LogP contribution in [0.2, 0.25) is 5.02 Å². The van der Waals surface area contributed by atoms with Crippen LogP contribution in [-0.4, -0.2) is 25.5 Å². The SMILES string of the molecule is CCn1nc(C)c([C@@H](C)NC(=O)[C@@H](C)n2cc(Cl)cn2)c1C. The van der Waals surface area contributed by atoms with Crippen molar-refractivity contribution in [3.8, 4) is 0 Å². The van der Waals surface area contributed by atoms with Gasteiger partial charge in [0.2, 0.25) is 5.91 Å². The summed E-state index contributed by atoms with van der Waals surface area (Å²) in [5, 5.41) is 12.1. The molecule has 0 radical (unpaired) electrons. The number of halogens is 1. The molecule has 0 aromatic carbocycles. The summed E-state index contributed by atoms with van der Waals surface area (Å²) in [5.74, 6) is -0.102. The first kappa shape index (κ1) is 16.5. The van der Waals surface area contributed by atoms with Crippen LogP contribution in [0, 0.1) is 13.8 Å². The van der Waals surface area contributed by atoms with Crippen LogP contribution in [0.1, 0.15) is 49.8 Å². The highest BCUT2D eigenvalue weighted by Crippen LogP contribution is 2.22. The second-order valence-corrected chi connectivity index (χ2v) is 5.88. The molecule has 0 fully saturated rings. The number of carbonyl (C=O) groups excluding carboxylic acids is 1. The minimum atomic E-state index is -0.420. The Morgan fingerprint density at radius 1 is 1.41 bits per heavy atom. The van der Waals surface area contributed by atoms with Crippen molar-refractivity contribution in [2.75, 3.05) is 0 Å². The molecule has 2 atom stereocenters. The fourth-order valence-corrected chi connectivity index (χ4v) is 2.84. The average Bonchev–Trinajstić information content (AvgIpc) is 3.01. The van der Waals surface area contributed by atoms with Gasteiger partial charge in [-0.15, -0.1) is 0 Å². The van der Waals surface area contributed by atoms with E-state index in [0.717, 1.165) is 23.5 Å². The molecule has 2 heterocycles. The minimum absolute atomic E-state index is 0.102. The summed E-state index contributed by atoms with van der Waals surface area (Å²) in [6.07, 6.45) is 3.16. The summed E-state index contributed by atoms with van der Waals surface area (Å²) in [5.41, 5.74) is 3.10. The largest absolute Gasteiger partial charge is 0.348 e. The number of hydrogen-bond acceptors (Lipinski definition) is 3. The molecule has 22 heavy (non-hydrogen) atoms. The van der Waals surface area contributed by atoms with Crippen molar-refractivity contribution in [3.05, 3.63) is 34.4 Å². The first-order chi connectivity index (χ1) is 10.3. The zero-order valence-electron chi connectivity index (χ0n) is 13.6. The van der Waals surface area contributed by atoms with E-state index in [0.29, 0.717) is 5.02 Å². The Morgan fingerprint density at radius 3 is 2.59 bits per heavy atom. The molecule has 0 bridgehead atoms. The smallest absolute Gasteiger partial charge is 0.245 e. The Labute approximate surface area is 135 Å². The Bertz CT molecular complexity index is 676. The zero-order valence-corrected chi connectivity index (χ0v) is 14.3. The second-order valence-electron chi connectivity index (χ2n) is 5.45. The molecule has 0 aliphatic carbocycles. The van der Waals surface area contributed by atoms with Crippen LogP contribution in [0.5, 0.6) is 0 Å². The molecule has 6 nitrogen and oxygen atoms in total. The highest BCUT2D eigenvalue weighted by Gasteiger charge is 2.22. The van der Waals surface area contributed by atoms with E-state index in [1.165, 1.54) is 6.20 Å². The van der Waals surface area contributed by atoms with Gasteiger partial charge in [-0.05, 0) is 34.6 Å². The number of rotatable bonds is 5. The Kier molecular flexibility index (Phi) is 4.90. The molecule has 0 spiro atoms. The minimum Gasteiger partial charge on any atom is -0.348 e. The lowest BCUT2D eigenvalue weighted by molar-refractivity contribution is -0.124. The van der Waals surface area contributed by atoms with Gasteiger partial charge in [0.15, 0.2) is 0 Å². The number of aromatic nitrogens is 4. The maximum Gasteiger partial charge on any atom is 0.245 e. The van der Waals surface area contributed by atoms with E-state index in [4.69, 9.17) is 11.6 Å². The van der Waals surface area contributed by atoms with E-state index in [1.807, 2.05) is 25.5 Å². The van der Waals surface area contributed by atoms with E-state index in [9.17, 15) is 4.79 Å². The van der Waals surface area contributed by atoms with Gasteiger partial charge in [-0.3, -0.25) is 14.2 Å². The summed E-state index contributed by atoms with van der Waals surface area (Å²) in [7, 11) is 0. The third-order valence-corrected chi connectivity index (χ3v) is 4.07. The summed E-state index contributed by atoms with van der Waals surface area (Å²) in [4.78, 5) is 12.4. The van der Waals surface area contributed by atoms with E-state index < -0.39 is 6.04 Å². The Hall–Kier alpha value is -1.82. The summed E-state index contributed by atoms with van der Waals surface area (Å²) < 4.78 is 3.50. The summed E-state index contributed by atoms with van der Waals surface area (Å²) in [6.45, 7) is 10.6. The molecular formula is C15H22ClN5O. The van der Waals surface area contributed by atoms with Crippen LogP contribution >= 0.6 is 11.6 Å². The number of nitrogens with zero attached hydrogens (tertiary/aromatic N) is 4. The molecule has 0 aliphatic rings. The van der Waals surface area contributed by atoms with Crippen molar-refractivity contribution in [2.45, 2.75) is 53.2 Å². The van der Waals surface area contributed by atoms with E-state index in [2.05, 4.69) is 22.4 Å². The Balaban J connectivity index is 2.13. The van der Waals surface area contributed by atoms with E-state index >= 15 is 0 Å². The standard InChI is InChI=1S/C15H22ClN5O/c1-6-20-11(4)14(10(3)19-20)9(2)18-15(22)12(5)21-8-13(16)7-17-21/h7-9,12H,6H2,1-5H3,(H,18,22)/t9-,12-/m1/s1. The number of hydrogen-bond donors (Lipinski definition) is 1. The molecule has 120 valence electrons. The third kappa shape index (κ3) is 3.16. The van der Waals surface area contributed by atoms with Gasteiger partial charge in [-0.2, -0.15) is 10.2 Å². The lowest BCUT2D eigenvalue weighted by atomic mass is 10.1. The van der Waals surface area contributed by atoms with Gasteiger partial charge in [-0.1, -0.05) is 11.6 Å². The summed E-state index contributed by atoms with van der Waals surface area (Å²) in [6, 6.07) is -0.530. The van der Waals surface area contributed by atoms with Crippen LogP contribution in [0.3, 0.4) is 0 Å². The second kappa shape index (κ2) is 6.52. The van der Waals surface area contributed by atoms with Gasteiger partial charge in [0.25, 0.3) is 0 Å². The fourth-order valence-electron chi connectivity index (χ4n) is 2.70. The number of nitrogens with one attached hydrogen (secondary N) is 1. The Morgan fingerprint density at radius 2 is 2.09 bits per heavy atom. The van der Waals surface area contributed by atoms with Gasteiger partial charge in [0.1, 0.15) is 6.04 Å². The van der Waals surface area contributed by atoms with Crippen molar-refractivity contribution in [3.63, 3.8) is 0 Å².